The van der Waals surface area contributed by atoms with Gasteiger partial charge in [-0.3, -0.25) is 9.69 Å². The van der Waals surface area contributed by atoms with Crippen LogP contribution < -0.4 is 5.32 Å². The van der Waals surface area contributed by atoms with Gasteiger partial charge >= 0.3 is 0 Å². The summed E-state index contributed by atoms with van der Waals surface area (Å²) in [5, 5.41) is 11.0. The molecule has 0 bridgehead atoms. The van der Waals surface area contributed by atoms with Gasteiger partial charge in [0.2, 0.25) is 11.8 Å². The molecule has 0 spiro atoms. The topological polar surface area (TPSA) is 84.4 Å². The average Bonchev–Trinajstić information content (AvgIpc) is 3.45. The normalized spacial score (nSPS) is 15.6. The zero-order valence-corrected chi connectivity index (χ0v) is 16.1. The van der Waals surface area contributed by atoms with Crippen LogP contribution in [0.4, 0.5) is 0 Å². The number of carbonyl (C=O) groups excluding carboxylic acids is 1. The van der Waals surface area contributed by atoms with E-state index in [2.05, 4.69) is 20.4 Å². The van der Waals surface area contributed by atoms with Crippen LogP contribution in [-0.2, 0) is 0 Å². The Hall–Kier alpha value is -2.93. The smallest absolute Gasteiger partial charge is 0.252 e. The summed E-state index contributed by atoms with van der Waals surface area (Å²) in [7, 11) is 0. The van der Waals surface area contributed by atoms with Gasteiger partial charge in [-0.1, -0.05) is 12.1 Å². The number of likely N-dealkylation sites (tertiary alicyclic amines) is 1. The van der Waals surface area contributed by atoms with Gasteiger partial charge in [-0.15, -0.1) is 10.2 Å². The molecule has 1 fully saturated rings. The zero-order chi connectivity index (χ0) is 19.5. The Morgan fingerprint density at radius 2 is 1.89 bits per heavy atom. The van der Waals surface area contributed by atoms with Gasteiger partial charge in [0.25, 0.3) is 5.91 Å². The number of aromatic nitrogens is 2. The Morgan fingerprint density at radius 1 is 1.11 bits per heavy atom. The molecule has 1 aromatic carbocycles. The molecule has 4 rings (SSSR count). The minimum Gasteiger partial charge on any atom is -0.465 e. The number of nitrogens with one attached hydrogen (secondary N) is 1. The summed E-state index contributed by atoms with van der Waals surface area (Å²) in [6.07, 6.45) is 2.34. The number of hydrogen-bond acceptors (Lipinski definition) is 6. The highest BCUT2D eigenvalue weighted by Crippen LogP contribution is 2.27. The molecule has 1 atom stereocenters. The number of benzene rings is 1. The zero-order valence-electron chi connectivity index (χ0n) is 16.1. The molecule has 1 aliphatic heterocycles. The lowest BCUT2D eigenvalue weighted by molar-refractivity contribution is 0.0934. The summed E-state index contributed by atoms with van der Waals surface area (Å²) in [6, 6.07) is 11.3. The van der Waals surface area contributed by atoms with E-state index < -0.39 is 0 Å². The van der Waals surface area contributed by atoms with Crippen molar-refractivity contribution < 1.29 is 13.6 Å². The number of hydrogen-bond donors (Lipinski definition) is 1. The molecule has 7 nitrogen and oxygen atoms in total. The fourth-order valence-electron chi connectivity index (χ4n) is 3.65. The van der Waals surface area contributed by atoms with Crippen molar-refractivity contribution in [3.05, 3.63) is 59.4 Å². The Kier molecular flexibility index (Phi) is 5.25. The number of rotatable bonds is 6. The van der Waals surface area contributed by atoms with Crippen molar-refractivity contribution in [2.75, 3.05) is 19.6 Å². The Balaban J connectivity index is 1.53. The van der Waals surface area contributed by atoms with Crippen LogP contribution in [0.1, 0.15) is 46.7 Å². The van der Waals surface area contributed by atoms with Crippen LogP contribution in [0, 0.1) is 13.8 Å². The fourth-order valence-corrected chi connectivity index (χ4v) is 3.65. The highest BCUT2D eigenvalue weighted by Gasteiger charge is 2.27. The third kappa shape index (κ3) is 3.84. The molecule has 1 amide bonds. The summed E-state index contributed by atoms with van der Waals surface area (Å²) < 4.78 is 11.4. The van der Waals surface area contributed by atoms with Gasteiger partial charge in [0, 0.05) is 13.5 Å². The number of amides is 1. The first-order valence-electron chi connectivity index (χ1n) is 9.60. The second kappa shape index (κ2) is 7.98. The summed E-state index contributed by atoms with van der Waals surface area (Å²) in [5.74, 6) is 2.41. The molecule has 7 heteroatoms. The lowest BCUT2D eigenvalue weighted by atomic mass is 10.1. The Morgan fingerprint density at radius 3 is 2.57 bits per heavy atom. The van der Waals surface area contributed by atoms with E-state index in [-0.39, 0.29) is 11.9 Å². The standard InChI is InChI=1S/C21H24N4O3/c1-14-9-10-19(27-14)18(25-11-5-6-12-25)13-22-20(26)16-7-3-4-8-17(16)21-24-23-15(2)28-21/h3-4,7-10,18H,5-6,11-13H2,1-2H3,(H,22,26). The van der Waals surface area contributed by atoms with Gasteiger partial charge in [-0.2, -0.15) is 0 Å². The van der Waals surface area contributed by atoms with Crippen LogP contribution in [-0.4, -0.2) is 40.6 Å². The number of furan rings is 1. The van der Waals surface area contributed by atoms with Crippen molar-refractivity contribution >= 4 is 5.91 Å². The van der Waals surface area contributed by atoms with Crippen LogP contribution in [0.25, 0.3) is 11.5 Å². The van der Waals surface area contributed by atoms with Crippen LogP contribution >= 0.6 is 0 Å². The highest BCUT2D eigenvalue weighted by molar-refractivity contribution is 5.99. The Labute approximate surface area is 163 Å². The van der Waals surface area contributed by atoms with Crippen LogP contribution in [0.3, 0.4) is 0 Å². The summed E-state index contributed by atoms with van der Waals surface area (Å²) in [4.78, 5) is 15.3. The monoisotopic (exact) mass is 380 g/mol. The third-order valence-electron chi connectivity index (χ3n) is 5.06. The molecule has 3 heterocycles. The van der Waals surface area contributed by atoms with E-state index >= 15 is 0 Å². The van der Waals surface area contributed by atoms with Crippen molar-refractivity contribution in [1.29, 1.82) is 0 Å². The third-order valence-corrected chi connectivity index (χ3v) is 5.06. The van der Waals surface area contributed by atoms with E-state index in [9.17, 15) is 4.79 Å². The van der Waals surface area contributed by atoms with E-state index in [0.717, 1.165) is 24.6 Å². The number of nitrogens with zero attached hydrogens (tertiary/aromatic N) is 3. The second-order valence-corrected chi connectivity index (χ2v) is 7.09. The molecule has 0 aliphatic carbocycles. The van der Waals surface area contributed by atoms with Gasteiger partial charge in [-0.05, 0) is 57.1 Å². The van der Waals surface area contributed by atoms with Crippen molar-refractivity contribution in [1.82, 2.24) is 20.4 Å². The highest BCUT2D eigenvalue weighted by atomic mass is 16.4. The van der Waals surface area contributed by atoms with Gasteiger partial charge in [0.1, 0.15) is 11.5 Å². The van der Waals surface area contributed by atoms with E-state index in [1.165, 1.54) is 12.8 Å². The van der Waals surface area contributed by atoms with Crippen molar-refractivity contribution in [2.24, 2.45) is 0 Å². The molecule has 3 aromatic rings. The molecule has 1 saturated heterocycles. The summed E-state index contributed by atoms with van der Waals surface area (Å²) in [5.41, 5.74) is 1.15. The maximum Gasteiger partial charge on any atom is 0.252 e. The number of aryl methyl sites for hydroxylation is 2. The molecule has 1 aliphatic rings. The maximum absolute atomic E-state index is 13.0. The van der Waals surface area contributed by atoms with Gasteiger partial charge in [-0.25, -0.2) is 0 Å². The SMILES string of the molecule is Cc1ccc(C(CNC(=O)c2ccccc2-c2nnc(C)o2)N2CCCC2)o1. The molecule has 0 radical (unpaired) electrons. The van der Waals surface area contributed by atoms with Crippen LogP contribution in [0.15, 0.2) is 45.2 Å². The minimum absolute atomic E-state index is 0.0259. The largest absolute Gasteiger partial charge is 0.465 e. The average molecular weight is 380 g/mol. The molecule has 146 valence electrons. The quantitative estimate of drug-likeness (QED) is 0.704. The van der Waals surface area contributed by atoms with Crippen molar-refractivity contribution in [2.45, 2.75) is 32.7 Å². The minimum atomic E-state index is -0.168. The first-order chi connectivity index (χ1) is 13.6. The number of carbonyl (C=O) groups is 1. The van der Waals surface area contributed by atoms with E-state index in [1.54, 1.807) is 13.0 Å². The van der Waals surface area contributed by atoms with Gasteiger partial charge < -0.3 is 14.2 Å². The predicted octanol–water partition coefficient (Wildman–Crippen LogP) is 3.51. The van der Waals surface area contributed by atoms with Crippen LogP contribution in [0.5, 0.6) is 0 Å². The second-order valence-electron chi connectivity index (χ2n) is 7.09. The van der Waals surface area contributed by atoms with Gasteiger partial charge in [0.15, 0.2) is 0 Å². The van der Waals surface area contributed by atoms with Crippen molar-refractivity contribution in [3.63, 3.8) is 0 Å². The first kappa shape index (κ1) is 18.4. The first-order valence-corrected chi connectivity index (χ1v) is 9.60. The van der Waals surface area contributed by atoms with Gasteiger partial charge in [0.05, 0.1) is 17.2 Å². The molecule has 1 unspecified atom stereocenters. The summed E-state index contributed by atoms with van der Waals surface area (Å²) in [6.45, 7) is 6.16. The molecule has 2 aromatic heterocycles. The summed E-state index contributed by atoms with van der Waals surface area (Å²) >= 11 is 0. The van der Waals surface area contributed by atoms with E-state index in [0.29, 0.717) is 29.5 Å². The molecule has 0 saturated carbocycles. The van der Waals surface area contributed by atoms with E-state index in [1.807, 2.05) is 37.3 Å². The lowest BCUT2D eigenvalue weighted by Crippen LogP contribution is -2.36. The predicted molar refractivity (Wildman–Crippen MR) is 104 cm³/mol. The fraction of sp³-hybridized carbons (Fsp3) is 0.381. The molecular formula is C21H24N4O3. The molecular weight excluding hydrogens is 356 g/mol. The van der Waals surface area contributed by atoms with Crippen molar-refractivity contribution in [3.8, 4) is 11.5 Å². The lowest BCUT2D eigenvalue weighted by Gasteiger charge is -2.26. The molecule has 28 heavy (non-hydrogen) atoms. The van der Waals surface area contributed by atoms with Crippen LogP contribution in [0.2, 0.25) is 0 Å². The maximum atomic E-state index is 13.0. The molecule has 1 N–H and O–H groups in total. The Bertz CT molecular complexity index is 956. The van der Waals surface area contributed by atoms with E-state index in [4.69, 9.17) is 8.83 Å².